The van der Waals surface area contributed by atoms with Gasteiger partial charge in [-0.25, -0.2) is 5.06 Å². The zero-order valence-electron chi connectivity index (χ0n) is 9.81. The van der Waals surface area contributed by atoms with Gasteiger partial charge in [-0.05, 0) is 12.0 Å². The van der Waals surface area contributed by atoms with Crippen molar-refractivity contribution in [3.05, 3.63) is 17.5 Å². The maximum absolute atomic E-state index is 11.7. The van der Waals surface area contributed by atoms with Crippen molar-refractivity contribution in [3.63, 3.8) is 0 Å². The second-order valence-electron chi connectivity index (χ2n) is 3.72. The molecule has 0 spiro atoms. The van der Waals surface area contributed by atoms with E-state index in [0.717, 1.165) is 10.8 Å². The lowest BCUT2D eigenvalue weighted by Gasteiger charge is -2.10. The van der Waals surface area contributed by atoms with E-state index in [9.17, 15) is 4.79 Å². The first-order valence-electron chi connectivity index (χ1n) is 4.83. The summed E-state index contributed by atoms with van der Waals surface area (Å²) in [4.78, 5) is 16.5. The maximum Gasteiger partial charge on any atom is 0.297 e. The molecule has 0 aliphatic carbocycles. The summed E-state index contributed by atoms with van der Waals surface area (Å²) in [5.41, 5.74) is 1.44. The molecule has 5 nitrogen and oxygen atoms in total. The van der Waals surface area contributed by atoms with Crippen molar-refractivity contribution in [2.75, 3.05) is 14.2 Å². The number of carbonyl (C=O) groups is 1. The van der Waals surface area contributed by atoms with E-state index in [1.807, 2.05) is 7.05 Å². The third-order valence-corrected chi connectivity index (χ3v) is 2.29. The van der Waals surface area contributed by atoms with Crippen molar-refractivity contribution in [1.82, 2.24) is 14.8 Å². The van der Waals surface area contributed by atoms with Crippen LogP contribution in [0, 0.1) is 0 Å². The van der Waals surface area contributed by atoms with E-state index in [1.54, 1.807) is 17.8 Å². The van der Waals surface area contributed by atoms with Gasteiger partial charge in [-0.15, -0.1) is 0 Å². The number of rotatable bonds is 3. The minimum absolute atomic E-state index is 0.236. The zero-order chi connectivity index (χ0) is 11.6. The Bertz CT molecular complexity index is 358. The molecule has 15 heavy (non-hydrogen) atoms. The Hall–Kier alpha value is -1.36. The van der Waals surface area contributed by atoms with Gasteiger partial charge >= 0.3 is 0 Å². The van der Waals surface area contributed by atoms with Crippen molar-refractivity contribution < 1.29 is 9.63 Å². The van der Waals surface area contributed by atoms with Crippen LogP contribution in [0.4, 0.5) is 0 Å². The first-order valence-corrected chi connectivity index (χ1v) is 4.83. The fraction of sp³-hybridized carbons (Fsp3) is 0.600. The Kier molecular flexibility index (Phi) is 3.47. The summed E-state index contributed by atoms with van der Waals surface area (Å²) in [5, 5.41) is 5.31. The lowest BCUT2D eigenvalue weighted by molar-refractivity contribution is -0.0760. The van der Waals surface area contributed by atoms with Gasteiger partial charge in [0.05, 0.1) is 7.11 Å². The SMILES string of the molecule is CON(C)C(=O)c1cc(C(C)C)n(C)n1. The van der Waals surface area contributed by atoms with Gasteiger partial charge in [0.15, 0.2) is 5.69 Å². The van der Waals surface area contributed by atoms with Gasteiger partial charge in [-0.1, -0.05) is 13.8 Å². The number of aromatic nitrogens is 2. The van der Waals surface area contributed by atoms with E-state index < -0.39 is 0 Å². The molecule has 0 bridgehead atoms. The topological polar surface area (TPSA) is 47.4 Å². The van der Waals surface area contributed by atoms with E-state index in [0.29, 0.717) is 11.6 Å². The quantitative estimate of drug-likeness (QED) is 0.705. The maximum atomic E-state index is 11.7. The highest BCUT2D eigenvalue weighted by Crippen LogP contribution is 2.15. The Morgan fingerprint density at radius 2 is 2.20 bits per heavy atom. The van der Waals surface area contributed by atoms with E-state index in [2.05, 4.69) is 18.9 Å². The first-order chi connectivity index (χ1) is 6.97. The molecule has 0 radical (unpaired) electrons. The number of hydroxylamine groups is 2. The summed E-state index contributed by atoms with van der Waals surface area (Å²) in [5.74, 6) is 0.108. The molecule has 1 aromatic heterocycles. The van der Waals surface area contributed by atoms with Crippen LogP contribution in [0.5, 0.6) is 0 Å². The van der Waals surface area contributed by atoms with Crippen LogP contribution in [0.25, 0.3) is 0 Å². The standard InChI is InChI=1S/C10H17N3O2/c1-7(2)9-6-8(11-12(9)3)10(14)13(4)15-5/h6-7H,1-5H3. The van der Waals surface area contributed by atoms with Crippen LogP contribution in [0.2, 0.25) is 0 Å². The fourth-order valence-corrected chi connectivity index (χ4v) is 1.37. The van der Waals surface area contributed by atoms with Gasteiger partial charge in [-0.2, -0.15) is 5.10 Å². The van der Waals surface area contributed by atoms with Crippen molar-refractivity contribution in [1.29, 1.82) is 0 Å². The van der Waals surface area contributed by atoms with Gasteiger partial charge < -0.3 is 0 Å². The number of carbonyl (C=O) groups excluding carboxylic acids is 1. The van der Waals surface area contributed by atoms with E-state index in [4.69, 9.17) is 4.84 Å². The molecule has 1 aromatic rings. The average molecular weight is 211 g/mol. The molecule has 0 aliphatic rings. The summed E-state index contributed by atoms with van der Waals surface area (Å²) in [6, 6.07) is 1.79. The molecule has 0 unspecified atom stereocenters. The predicted molar refractivity (Wildman–Crippen MR) is 56.4 cm³/mol. The molecule has 84 valence electrons. The molecule has 1 heterocycles. The summed E-state index contributed by atoms with van der Waals surface area (Å²) in [6.45, 7) is 4.12. The van der Waals surface area contributed by atoms with Gasteiger partial charge in [0.1, 0.15) is 0 Å². The van der Waals surface area contributed by atoms with Crippen molar-refractivity contribution in [3.8, 4) is 0 Å². The molecule has 5 heteroatoms. The largest absolute Gasteiger partial charge is 0.297 e. The smallest absolute Gasteiger partial charge is 0.274 e. The first kappa shape index (κ1) is 11.7. The van der Waals surface area contributed by atoms with E-state index in [1.165, 1.54) is 7.11 Å². The summed E-state index contributed by atoms with van der Waals surface area (Å²) in [7, 11) is 4.84. The minimum Gasteiger partial charge on any atom is -0.274 e. The molecule has 0 fully saturated rings. The van der Waals surface area contributed by atoms with Gasteiger partial charge in [0, 0.05) is 19.8 Å². The highest BCUT2D eigenvalue weighted by Gasteiger charge is 2.17. The normalized spacial score (nSPS) is 10.8. The van der Waals surface area contributed by atoms with Crippen LogP contribution in [0.3, 0.4) is 0 Å². The molecular weight excluding hydrogens is 194 g/mol. The van der Waals surface area contributed by atoms with Crippen LogP contribution in [0.15, 0.2) is 6.07 Å². The van der Waals surface area contributed by atoms with Crippen molar-refractivity contribution in [2.24, 2.45) is 7.05 Å². The number of nitrogens with zero attached hydrogens (tertiary/aromatic N) is 3. The van der Waals surface area contributed by atoms with E-state index >= 15 is 0 Å². The number of amides is 1. The molecule has 0 aromatic carbocycles. The van der Waals surface area contributed by atoms with Gasteiger partial charge in [-0.3, -0.25) is 14.3 Å². The Morgan fingerprint density at radius 3 is 2.60 bits per heavy atom. The Labute approximate surface area is 89.6 Å². The summed E-state index contributed by atoms with van der Waals surface area (Å²) >= 11 is 0. The number of hydrogen-bond donors (Lipinski definition) is 0. The van der Waals surface area contributed by atoms with Crippen LogP contribution in [0.1, 0.15) is 35.9 Å². The Morgan fingerprint density at radius 1 is 1.60 bits per heavy atom. The zero-order valence-corrected chi connectivity index (χ0v) is 9.81. The molecule has 1 amide bonds. The lowest BCUT2D eigenvalue weighted by atomic mass is 10.1. The third kappa shape index (κ3) is 2.36. The molecule has 0 saturated carbocycles. The van der Waals surface area contributed by atoms with Crippen LogP contribution < -0.4 is 0 Å². The molecule has 0 saturated heterocycles. The molecule has 0 atom stereocenters. The molecule has 0 aliphatic heterocycles. The second-order valence-corrected chi connectivity index (χ2v) is 3.72. The fourth-order valence-electron chi connectivity index (χ4n) is 1.37. The van der Waals surface area contributed by atoms with Gasteiger partial charge in [0.2, 0.25) is 0 Å². The lowest BCUT2D eigenvalue weighted by Crippen LogP contribution is -2.25. The van der Waals surface area contributed by atoms with E-state index in [-0.39, 0.29) is 5.91 Å². The van der Waals surface area contributed by atoms with Crippen LogP contribution in [-0.4, -0.2) is 34.9 Å². The monoisotopic (exact) mass is 211 g/mol. The third-order valence-electron chi connectivity index (χ3n) is 2.29. The predicted octanol–water partition coefficient (Wildman–Crippen LogP) is 1.18. The average Bonchev–Trinajstić information content (AvgIpc) is 2.58. The molecular formula is C10H17N3O2. The summed E-state index contributed by atoms with van der Waals surface area (Å²) in [6.07, 6.45) is 0. The van der Waals surface area contributed by atoms with Crippen LogP contribution in [-0.2, 0) is 11.9 Å². The second kappa shape index (κ2) is 4.44. The summed E-state index contributed by atoms with van der Waals surface area (Å²) < 4.78 is 1.72. The molecule has 0 N–H and O–H groups in total. The van der Waals surface area contributed by atoms with Crippen molar-refractivity contribution in [2.45, 2.75) is 19.8 Å². The highest BCUT2D eigenvalue weighted by molar-refractivity contribution is 5.91. The van der Waals surface area contributed by atoms with Gasteiger partial charge in [0.25, 0.3) is 5.91 Å². The highest BCUT2D eigenvalue weighted by atomic mass is 16.7. The number of hydrogen-bond acceptors (Lipinski definition) is 3. The van der Waals surface area contributed by atoms with Crippen LogP contribution >= 0.6 is 0 Å². The number of aryl methyl sites for hydroxylation is 1. The Balaban J connectivity index is 2.97. The van der Waals surface area contributed by atoms with Crippen molar-refractivity contribution >= 4 is 5.91 Å². The molecule has 1 rings (SSSR count). The minimum atomic E-state index is -0.236.